The quantitative estimate of drug-likeness (QED) is 0.676. The van der Waals surface area contributed by atoms with Crippen LogP contribution in [0.4, 0.5) is 4.39 Å². The van der Waals surface area contributed by atoms with Gasteiger partial charge in [-0.2, -0.15) is 0 Å². The van der Waals surface area contributed by atoms with E-state index in [1.165, 1.54) is 32.4 Å². The molecule has 5 nitrogen and oxygen atoms in total. The fourth-order valence-electron chi connectivity index (χ4n) is 2.90. The molecule has 0 saturated heterocycles. The minimum absolute atomic E-state index is 0.0408. The number of ether oxygens (including phenoxy) is 1. The van der Waals surface area contributed by atoms with Gasteiger partial charge >= 0.3 is 5.97 Å². The van der Waals surface area contributed by atoms with Crippen LogP contribution >= 0.6 is 15.9 Å². The molecule has 0 amide bonds. The lowest BCUT2D eigenvalue weighted by Crippen LogP contribution is -2.38. The zero-order valence-corrected chi connectivity index (χ0v) is 16.6. The van der Waals surface area contributed by atoms with E-state index in [-0.39, 0.29) is 17.3 Å². The number of allylic oxidation sites excluding steroid dienone is 3. The maximum Gasteiger partial charge on any atom is 0.309 e. The molecule has 1 aliphatic rings. The molecule has 0 aliphatic heterocycles. The van der Waals surface area contributed by atoms with Gasteiger partial charge in [-0.15, -0.1) is 0 Å². The molecule has 0 bridgehead atoms. The average molecular weight is 442 g/mol. The SMILES string of the molecule is COC(=O)Cc1ccc2ccn(S(=O)(=O)C3(C)C=CC(Br)=C(F)C3)c2c1. The first-order valence-electron chi connectivity index (χ1n) is 7.83. The summed E-state index contributed by atoms with van der Waals surface area (Å²) >= 11 is 3.07. The molecule has 1 aromatic carbocycles. The van der Waals surface area contributed by atoms with Gasteiger partial charge in [0.1, 0.15) is 10.6 Å². The van der Waals surface area contributed by atoms with Crippen molar-refractivity contribution < 1.29 is 22.3 Å². The molecule has 1 heterocycles. The van der Waals surface area contributed by atoms with Crippen LogP contribution in [0.25, 0.3) is 10.9 Å². The first-order valence-corrected chi connectivity index (χ1v) is 10.1. The molecule has 26 heavy (non-hydrogen) atoms. The van der Waals surface area contributed by atoms with Crippen molar-refractivity contribution in [2.24, 2.45) is 0 Å². The van der Waals surface area contributed by atoms with Crippen molar-refractivity contribution in [3.05, 3.63) is 58.5 Å². The molecule has 0 N–H and O–H groups in total. The van der Waals surface area contributed by atoms with Gasteiger partial charge in [0.25, 0.3) is 0 Å². The van der Waals surface area contributed by atoms with E-state index in [4.69, 9.17) is 0 Å². The number of halogens is 2. The normalized spacial score (nSPS) is 20.6. The number of fused-ring (bicyclic) bond motifs is 1. The van der Waals surface area contributed by atoms with Crippen molar-refractivity contribution in [1.82, 2.24) is 3.97 Å². The lowest BCUT2D eigenvalue weighted by molar-refractivity contribution is -0.139. The largest absolute Gasteiger partial charge is 0.469 e. The number of methoxy groups -OCH3 is 1. The lowest BCUT2D eigenvalue weighted by Gasteiger charge is -2.28. The highest BCUT2D eigenvalue weighted by atomic mass is 79.9. The summed E-state index contributed by atoms with van der Waals surface area (Å²) in [5.74, 6) is -0.925. The van der Waals surface area contributed by atoms with Gasteiger partial charge in [0.15, 0.2) is 0 Å². The highest BCUT2D eigenvalue weighted by molar-refractivity contribution is 9.11. The van der Waals surface area contributed by atoms with E-state index >= 15 is 0 Å². The van der Waals surface area contributed by atoms with Crippen LogP contribution < -0.4 is 0 Å². The molecule has 0 fully saturated rings. The molecular weight excluding hydrogens is 425 g/mol. The summed E-state index contributed by atoms with van der Waals surface area (Å²) in [4.78, 5) is 11.5. The summed E-state index contributed by atoms with van der Waals surface area (Å²) < 4.78 is 45.2. The summed E-state index contributed by atoms with van der Waals surface area (Å²) in [7, 11) is -2.64. The summed E-state index contributed by atoms with van der Waals surface area (Å²) in [6, 6.07) is 6.81. The fourth-order valence-corrected chi connectivity index (χ4v) is 4.81. The third-order valence-corrected chi connectivity index (χ3v) is 7.48. The Morgan fingerprint density at radius 1 is 1.38 bits per heavy atom. The smallest absolute Gasteiger partial charge is 0.309 e. The predicted octanol–water partition coefficient (Wildman–Crippen LogP) is 3.83. The highest BCUT2D eigenvalue weighted by Crippen LogP contribution is 2.38. The van der Waals surface area contributed by atoms with E-state index in [1.54, 1.807) is 24.3 Å². The summed E-state index contributed by atoms with van der Waals surface area (Å²) in [6.07, 6.45) is 4.14. The number of hydrogen-bond donors (Lipinski definition) is 0. The van der Waals surface area contributed by atoms with E-state index in [0.29, 0.717) is 16.5 Å². The number of nitrogens with zero attached hydrogens (tertiary/aromatic N) is 1. The van der Waals surface area contributed by atoms with Gasteiger partial charge in [-0.25, -0.2) is 16.8 Å². The number of aromatic nitrogens is 1. The Hall–Kier alpha value is -1.93. The maximum absolute atomic E-state index is 14.1. The van der Waals surface area contributed by atoms with Gasteiger partial charge in [0.2, 0.25) is 10.0 Å². The van der Waals surface area contributed by atoms with Crippen LogP contribution in [0.15, 0.2) is 52.9 Å². The van der Waals surface area contributed by atoms with Gasteiger partial charge < -0.3 is 4.74 Å². The molecule has 1 unspecified atom stereocenters. The monoisotopic (exact) mass is 441 g/mol. The third kappa shape index (κ3) is 3.12. The van der Waals surface area contributed by atoms with Crippen LogP contribution in [0.1, 0.15) is 18.9 Å². The second kappa shape index (κ2) is 6.66. The van der Waals surface area contributed by atoms with Crippen LogP contribution in [-0.2, 0) is 26.0 Å². The minimum atomic E-state index is -3.93. The zero-order chi connectivity index (χ0) is 19.1. The minimum Gasteiger partial charge on any atom is -0.469 e. The molecule has 1 aromatic heterocycles. The Kier molecular flexibility index (Phi) is 4.83. The third-order valence-electron chi connectivity index (χ3n) is 4.49. The Balaban J connectivity index is 2.08. The summed E-state index contributed by atoms with van der Waals surface area (Å²) in [5, 5.41) is 0.711. The van der Waals surface area contributed by atoms with E-state index in [9.17, 15) is 17.6 Å². The van der Waals surface area contributed by atoms with Gasteiger partial charge in [-0.05, 0) is 46.6 Å². The first kappa shape index (κ1) is 18.8. The van der Waals surface area contributed by atoms with Crippen molar-refractivity contribution >= 4 is 42.8 Å². The molecule has 1 atom stereocenters. The van der Waals surface area contributed by atoms with E-state index < -0.39 is 26.6 Å². The Bertz CT molecular complexity index is 1050. The van der Waals surface area contributed by atoms with Crippen molar-refractivity contribution in [2.45, 2.75) is 24.5 Å². The van der Waals surface area contributed by atoms with Gasteiger partial charge in [-0.1, -0.05) is 18.2 Å². The van der Waals surface area contributed by atoms with Crippen molar-refractivity contribution in [3.8, 4) is 0 Å². The number of rotatable bonds is 4. The molecule has 0 spiro atoms. The van der Waals surface area contributed by atoms with Crippen LogP contribution in [0.5, 0.6) is 0 Å². The second-order valence-corrected chi connectivity index (χ2v) is 9.47. The first-order chi connectivity index (χ1) is 12.2. The molecule has 138 valence electrons. The number of hydrogen-bond acceptors (Lipinski definition) is 4. The Morgan fingerprint density at radius 3 is 2.77 bits per heavy atom. The average Bonchev–Trinajstić information content (AvgIpc) is 3.02. The summed E-state index contributed by atoms with van der Waals surface area (Å²) in [6.45, 7) is 1.49. The topological polar surface area (TPSA) is 65.4 Å². The van der Waals surface area contributed by atoms with E-state index in [0.717, 1.165) is 3.97 Å². The fraction of sp³-hybridized carbons (Fsp3) is 0.278. The summed E-state index contributed by atoms with van der Waals surface area (Å²) in [5.41, 5.74) is 1.08. The second-order valence-electron chi connectivity index (χ2n) is 6.34. The lowest BCUT2D eigenvalue weighted by atomic mass is 10.0. The predicted molar refractivity (Wildman–Crippen MR) is 101 cm³/mol. The zero-order valence-electron chi connectivity index (χ0n) is 14.2. The molecule has 0 saturated carbocycles. The number of benzene rings is 1. The number of esters is 1. The van der Waals surface area contributed by atoms with Crippen molar-refractivity contribution in [2.75, 3.05) is 7.11 Å². The highest BCUT2D eigenvalue weighted by Gasteiger charge is 2.41. The van der Waals surface area contributed by atoms with Crippen LogP contribution in [0.3, 0.4) is 0 Å². The molecular formula is C18H17BrFNO4S. The van der Waals surface area contributed by atoms with Crippen molar-refractivity contribution in [1.29, 1.82) is 0 Å². The molecule has 1 aliphatic carbocycles. The van der Waals surface area contributed by atoms with Gasteiger partial charge in [0, 0.05) is 22.5 Å². The van der Waals surface area contributed by atoms with Crippen LogP contribution in [0, 0.1) is 0 Å². The maximum atomic E-state index is 14.1. The standard InChI is InChI=1S/C18H17BrFNO4S/c1-18(7-5-14(19)15(20)11-18)26(23,24)21-8-6-13-4-3-12(9-16(13)21)10-17(22)25-2/h3-9H,10-11H2,1-2H3. The molecule has 3 rings (SSSR count). The van der Waals surface area contributed by atoms with Crippen molar-refractivity contribution in [3.63, 3.8) is 0 Å². The number of carbonyl (C=O) groups is 1. The Labute approximate surface area is 159 Å². The molecule has 0 radical (unpaired) electrons. The number of carbonyl (C=O) groups excluding carboxylic acids is 1. The van der Waals surface area contributed by atoms with E-state index in [2.05, 4.69) is 20.7 Å². The van der Waals surface area contributed by atoms with Crippen LogP contribution in [0.2, 0.25) is 0 Å². The molecule has 8 heteroatoms. The van der Waals surface area contributed by atoms with Gasteiger partial charge in [-0.3, -0.25) is 4.79 Å². The van der Waals surface area contributed by atoms with Crippen LogP contribution in [-0.4, -0.2) is 30.2 Å². The van der Waals surface area contributed by atoms with Gasteiger partial charge in [0.05, 0.1) is 19.0 Å². The van der Waals surface area contributed by atoms with E-state index in [1.807, 2.05) is 0 Å². The Morgan fingerprint density at radius 2 is 2.12 bits per heavy atom. The molecule has 2 aromatic rings.